The molecule has 0 aromatic carbocycles. The highest BCUT2D eigenvalue weighted by molar-refractivity contribution is 5.85. The summed E-state index contributed by atoms with van der Waals surface area (Å²) in [7, 11) is 0. The Kier molecular flexibility index (Phi) is 6.93. The Morgan fingerprint density at radius 1 is 1.24 bits per heavy atom. The summed E-state index contributed by atoms with van der Waals surface area (Å²) in [5.74, 6) is 1.22. The Balaban J connectivity index is 0.00000110. The zero-order valence-corrected chi connectivity index (χ0v) is 13.9. The molecule has 0 atom stereocenters. The molecule has 3 rings (SSSR count). The number of aromatic amines is 1. The maximum atomic E-state index is 12.2. The largest absolute Gasteiger partial charge is 0.345 e. The summed E-state index contributed by atoms with van der Waals surface area (Å²) in [5, 5.41) is 3.27. The molecule has 0 spiro atoms. The van der Waals surface area contributed by atoms with Gasteiger partial charge in [-0.05, 0) is 6.92 Å². The molecule has 0 aliphatic carbocycles. The second-order valence-electron chi connectivity index (χ2n) is 5.34. The number of amides is 1. The van der Waals surface area contributed by atoms with E-state index in [1.54, 1.807) is 0 Å². The number of H-pyrrole nitrogens is 1. The van der Waals surface area contributed by atoms with Crippen LogP contribution >= 0.6 is 24.8 Å². The molecule has 1 saturated heterocycles. The van der Waals surface area contributed by atoms with E-state index in [1.165, 1.54) is 11.4 Å². The highest BCUT2D eigenvalue weighted by atomic mass is 35.5. The maximum Gasteiger partial charge on any atom is 0.236 e. The lowest BCUT2D eigenvalue weighted by molar-refractivity contribution is -0.133. The van der Waals surface area contributed by atoms with Crippen LogP contribution in [0.5, 0.6) is 0 Å². The predicted octanol–water partition coefficient (Wildman–Crippen LogP) is 0.352. The van der Waals surface area contributed by atoms with Crippen LogP contribution in [0.2, 0.25) is 0 Å². The number of nitrogens with one attached hydrogen (secondary N) is 2. The van der Waals surface area contributed by atoms with Crippen molar-refractivity contribution in [3.63, 3.8) is 0 Å². The van der Waals surface area contributed by atoms with Crippen LogP contribution in [-0.4, -0.2) is 64.9 Å². The van der Waals surface area contributed by atoms with Crippen molar-refractivity contribution < 1.29 is 4.79 Å². The summed E-state index contributed by atoms with van der Waals surface area (Å²) in [5.41, 5.74) is 2.35. The fraction of sp³-hybridized carbons (Fsp3) is 0.692. The summed E-state index contributed by atoms with van der Waals surface area (Å²) in [6.45, 7) is 7.74. The van der Waals surface area contributed by atoms with E-state index in [1.807, 2.05) is 11.8 Å². The van der Waals surface area contributed by atoms with E-state index in [4.69, 9.17) is 0 Å². The minimum absolute atomic E-state index is 0. The maximum absolute atomic E-state index is 12.2. The summed E-state index contributed by atoms with van der Waals surface area (Å²) in [6.07, 6.45) is 0.939. The molecule has 1 aromatic heterocycles. The Morgan fingerprint density at radius 3 is 2.67 bits per heavy atom. The van der Waals surface area contributed by atoms with Gasteiger partial charge in [0.15, 0.2) is 0 Å². The summed E-state index contributed by atoms with van der Waals surface area (Å²) in [4.78, 5) is 24.1. The number of imidazole rings is 1. The number of hydrogen-bond donors (Lipinski definition) is 2. The first-order valence-corrected chi connectivity index (χ1v) is 6.97. The van der Waals surface area contributed by atoms with Crippen molar-refractivity contribution in [2.75, 3.05) is 39.3 Å². The van der Waals surface area contributed by atoms with Crippen LogP contribution in [0, 0.1) is 6.92 Å². The molecule has 2 aliphatic rings. The lowest BCUT2D eigenvalue weighted by Crippen LogP contribution is -2.50. The van der Waals surface area contributed by atoms with Gasteiger partial charge in [0, 0.05) is 45.7 Å². The van der Waals surface area contributed by atoms with Gasteiger partial charge in [-0.15, -0.1) is 24.8 Å². The highest BCUT2D eigenvalue weighted by Gasteiger charge is 2.23. The molecule has 0 radical (unpaired) electrons. The fourth-order valence-corrected chi connectivity index (χ4v) is 2.83. The molecule has 1 amide bonds. The molecular weight excluding hydrogens is 313 g/mol. The average Bonchev–Trinajstić information content (AvgIpc) is 2.79. The van der Waals surface area contributed by atoms with Crippen molar-refractivity contribution >= 4 is 30.7 Å². The van der Waals surface area contributed by atoms with Gasteiger partial charge in [0.25, 0.3) is 0 Å². The van der Waals surface area contributed by atoms with E-state index in [0.717, 1.165) is 51.5 Å². The lowest BCUT2D eigenvalue weighted by atomic mass is 10.1. The monoisotopic (exact) mass is 335 g/mol. The number of nitrogens with zero attached hydrogens (tertiary/aromatic N) is 3. The first-order chi connectivity index (χ1) is 9.22. The van der Waals surface area contributed by atoms with E-state index in [0.29, 0.717) is 6.54 Å². The molecule has 3 heterocycles. The summed E-state index contributed by atoms with van der Waals surface area (Å²) >= 11 is 0. The van der Waals surface area contributed by atoms with Crippen LogP contribution in [-0.2, 0) is 17.8 Å². The van der Waals surface area contributed by atoms with Crippen LogP contribution in [0.25, 0.3) is 0 Å². The fourth-order valence-electron chi connectivity index (χ4n) is 2.83. The highest BCUT2D eigenvalue weighted by Crippen LogP contribution is 2.16. The first-order valence-electron chi connectivity index (χ1n) is 6.97. The third-order valence-corrected chi connectivity index (χ3v) is 3.86. The third-order valence-electron chi connectivity index (χ3n) is 3.86. The summed E-state index contributed by atoms with van der Waals surface area (Å²) in [6, 6.07) is 0. The number of aromatic nitrogens is 2. The van der Waals surface area contributed by atoms with Crippen molar-refractivity contribution in [2.45, 2.75) is 19.9 Å². The predicted molar refractivity (Wildman–Crippen MR) is 86.3 cm³/mol. The van der Waals surface area contributed by atoms with Crippen LogP contribution in [0.4, 0.5) is 0 Å². The van der Waals surface area contributed by atoms with Gasteiger partial charge in [-0.25, -0.2) is 4.98 Å². The van der Waals surface area contributed by atoms with Crippen LogP contribution in [0.1, 0.15) is 17.2 Å². The number of hydrogen-bond acceptors (Lipinski definition) is 4. The van der Waals surface area contributed by atoms with E-state index >= 15 is 0 Å². The number of aryl methyl sites for hydroxylation is 1. The second kappa shape index (κ2) is 7.98. The smallest absolute Gasteiger partial charge is 0.236 e. The molecular formula is C13H23Cl2N5O. The minimum Gasteiger partial charge on any atom is -0.345 e. The number of carbonyl (C=O) groups is 1. The zero-order chi connectivity index (χ0) is 13.2. The van der Waals surface area contributed by atoms with E-state index < -0.39 is 0 Å². The van der Waals surface area contributed by atoms with Crippen molar-refractivity contribution in [1.82, 2.24) is 25.1 Å². The van der Waals surface area contributed by atoms with Crippen molar-refractivity contribution in [3.05, 3.63) is 17.2 Å². The number of fused-ring (bicyclic) bond motifs is 1. The van der Waals surface area contributed by atoms with Gasteiger partial charge in [-0.3, -0.25) is 9.69 Å². The van der Waals surface area contributed by atoms with Gasteiger partial charge >= 0.3 is 0 Å². The lowest BCUT2D eigenvalue weighted by Gasteiger charge is -2.31. The van der Waals surface area contributed by atoms with Gasteiger partial charge < -0.3 is 15.2 Å². The Labute approximate surface area is 137 Å². The minimum atomic E-state index is 0. The van der Waals surface area contributed by atoms with E-state index in [-0.39, 0.29) is 30.7 Å². The molecule has 6 nitrogen and oxygen atoms in total. The molecule has 2 aliphatic heterocycles. The van der Waals surface area contributed by atoms with Gasteiger partial charge in [-0.2, -0.15) is 0 Å². The van der Waals surface area contributed by atoms with Crippen molar-refractivity contribution in [1.29, 1.82) is 0 Å². The number of piperazine rings is 1. The Hall–Kier alpha value is -0.820. The topological polar surface area (TPSA) is 64.3 Å². The van der Waals surface area contributed by atoms with E-state index in [2.05, 4.69) is 20.2 Å². The molecule has 1 aromatic rings. The molecule has 21 heavy (non-hydrogen) atoms. The number of carbonyl (C=O) groups excluding carboxylic acids is 1. The number of halogens is 2. The van der Waals surface area contributed by atoms with Crippen molar-refractivity contribution in [3.8, 4) is 0 Å². The third kappa shape index (κ3) is 4.32. The normalized spacial score (nSPS) is 18.4. The Morgan fingerprint density at radius 2 is 1.95 bits per heavy atom. The molecule has 0 unspecified atom stereocenters. The molecule has 2 N–H and O–H groups in total. The van der Waals surface area contributed by atoms with Gasteiger partial charge in [0.2, 0.25) is 5.91 Å². The van der Waals surface area contributed by atoms with Crippen molar-refractivity contribution in [2.24, 2.45) is 0 Å². The quantitative estimate of drug-likeness (QED) is 0.818. The standard InChI is InChI=1S/C13H21N5O.2ClH/c1-10-15-11-2-5-17(8-12(11)16-10)9-13(19)18-6-3-14-4-7-18;;/h14H,2-9H2,1H3,(H,15,16);2*1H. The molecule has 0 saturated carbocycles. The van der Waals surface area contributed by atoms with Gasteiger partial charge in [0.05, 0.1) is 17.9 Å². The summed E-state index contributed by atoms with van der Waals surface area (Å²) < 4.78 is 0. The molecule has 1 fully saturated rings. The average molecular weight is 336 g/mol. The molecule has 0 bridgehead atoms. The zero-order valence-electron chi connectivity index (χ0n) is 12.2. The van der Waals surface area contributed by atoms with E-state index in [9.17, 15) is 4.79 Å². The molecule has 120 valence electrons. The number of rotatable bonds is 2. The first kappa shape index (κ1) is 18.2. The Bertz CT molecular complexity index is 473. The van der Waals surface area contributed by atoms with Gasteiger partial charge in [-0.1, -0.05) is 0 Å². The second-order valence-corrected chi connectivity index (χ2v) is 5.34. The van der Waals surface area contributed by atoms with Crippen LogP contribution in [0.3, 0.4) is 0 Å². The SMILES string of the molecule is Cc1nc2c([nH]1)CN(CC(=O)N1CCNCC1)CC2.Cl.Cl. The molecule has 8 heteroatoms. The van der Waals surface area contributed by atoms with Gasteiger partial charge in [0.1, 0.15) is 5.82 Å². The van der Waals surface area contributed by atoms with Crippen LogP contribution < -0.4 is 5.32 Å². The van der Waals surface area contributed by atoms with Crippen LogP contribution in [0.15, 0.2) is 0 Å².